The van der Waals surface area contributed by atoms with Crippen molar-refractivity contribution in [3.8, 4) is 5.69 Å². The van der Waals surface area contributed by atoms with Gasteiger partial charge in [0, 0.05) is 29.8 Å². The zero-order valence-electron chi connectivity index (χ0n) is 11.8. The minimum Gasteiger partial charge on any atom is -0.481 e. The number of imidazole rings is 1. The third kappa shape index (κ3) is 3.24. The molecule has 1 saturated carbocycles. The highest BCUT2D eigenvalue weighted by molar-refractivity contribution is 5.70. The van der Waals surface area contributed by atoms with Crippen molar-refractivity contribution < 1.29 is 9.90 Å². The molecule has 110 valence electrons. The van der Waals surface area contributed by atoms with Crippen LogP contribution < -0.4 is 5.32 Å². The summed E-state index contributed by atoms with van der Waals surface area (Å²) in [6, 6.07) is 8.33. The summed E-state index contributed by atoms with van der Waals surface area (Å²) in [7, 11) is 0. The van der Waals surface area contributed by atoms with Crippen LogP contribution >= 0.6 is 0 Å². The summed E-state index contributed by atoms with van der Waals surface area (Å²) in [5, 5.41) is 12.6. The maximum Gasteiger partial charge on any atom is 0.306 e. The SMILES string of the molecule is O=C(O)C1CCCC(Nc2cccc(-n3ccnc3)c2)C1. The van der Waals surface area contributed by atoms with Crippen LogP contribution in [0.4, 0.5) is 5.69 Å². The number of aromatic nitrogens is 2. The molecule has 0 saturated heterocycles. The van der Waals surface area contributed by atoms with Crippen LogP contribution in [0.2, 0.25) is 0 Å². The molecular weight excluding hydrogens is 266 g/mol. The number of benzene rings is 1. The first kappa shape index (κ1) is 13.7. The van der Waals surface area contributed by atoms with E-state index in [0.717, 1.165) is 30.6 Å². The standard InChI is InChI=1S/C16H19N3O2/c20-16(21)12-3-1-4-13(9-12)18-14-5-2-6-15(10-14)19-8-7-17-11-19/h2,5-8,10-13,18H,1,3-4,9H2,(H,20,21). The lowest BCUT2D eigenvalue weighted by molar-refractivity contribution is -0.142. The number of hydrogen-bond donors (Lipinski definition) is 2. The van der Waals surface area contributed by atoms with E-state index in [9.17, 15) is 4.79 Å². The predicted molar refractivity (Wildman–Crippen MR) is 80.6 cm³/mol. The number of anilines is 1. The smallest absolute Gasteiger partial charge is 0.306 e. The number of hydrogen-bond acceptors (Lipinski definition) is 3. The molecule has 2 N–H and O–H groups in total. The van der Waals surface area contributed by atoms with Crippen LogP contribution in [0.15, 0.2) is 43.0 Å². The molecule has 1 heterocycles. The van der Waals surface area contributed by atoms with Gasteiger partial charge < -0.3 is 15.0 Å². The Morgan fingerprint density at radius 1 is 1.38 bits per heavy atom. The molecule has 5 nitrogen and oxygen atoms in total. The van der Waals surface area contributed by atoms with E-state index < -0.39 is 5.97 Å². The first-order chi connectivity index (χ1) is 10.2. The van der Waals surface area contributed by atoms with E-state index in [1.54, 1.807) is 12.5 Å². The number of carboxylic acids is 1. The summed E-state index contributed by atoms with van der Waals surface area (Å²) in [6.07, 6.45) is 8.90. The van der Waals surface area contributed by atoms with Crippen LogP contribution in [0, 0.1) is 5.92 Å². The van der Waals surface area contributed by atoms with Gasteiger partial charge in [-0.25, -0.2) is 4.98 Å². The van der Waals surface area contributed by atoms with E-state index in [2.05, 4.69) is 16.4 Å². The zero-order valence-corrected chi connectivity index (χ0v) is 11.8. The lowest BCUT2D eigenvalue weighted by Crippen LogP contribution is -2.30. The Balaban J connectivity index is 1.70. The van der Waals surface area contributed by atoms with Crippen molar-refractivity contribution >= 4 is 11.7 Å². The van der Waals surface area contributed by atoms with Crippen LogP contribution in [0.5, 0.6) is 0 Å². The van der Waals surface area contributed by atoms with Crippen LogP contribution in [-0.2, 0) is 4.79 Å². The molecule has 1 aliphatic rings. The molecular formula is C16H19N3O2. The molecule has 0 amide bonds. The number of rotatable bonds is 4. The van der Waals surface area contributed by atoms with Crippen molar-refractivity contribution in [2.75, 3.05) is 5.32 Å². The van der Waals surface area contributed by atoms with E-state index in [1.165, 1.54) is 0 Å². The topological polar surface area (TPSA) is 67.2 Å². The van der Waals surface area contributed by atoms with Gasteiger partial charge in [0.25, 0.3) is 0 Å². The van der Waals surface area contributed by atoms with Gasteiger partial charge in [0.05, 0.1) is 12.2 Å². The van der Waals surface area contributed by atoms with Crippen LogP contribution in [0.3, 0.4) is 0 Å². The van der Waals surface area contributed by atoms with Crippen molar-refractivity contribution in [2.45, 2.75) is 31.7 Å². The Morgan fingerprint density at radius 3 is 3.05 bits per heavy atom. The second-order valence-electron chi connectivity index (χ2n) is 5.56. The molecule has 1 fully saturated rings. The molecule has 3 rings (SSSR count). The molecule has 21 heavy (non-hydrogen) atoms. The average Bonchev–Trinajstić information content (AvgIpc) is 3.02. The van der Waals surface area contributed by atoms with E-state index in [-0.39, 0.29) is 12.0 Å². The van der Waals surface area contributed by atoms with Gasteiger partial charge in [-0.05, 0) is 37.5 Å². The summed E-state index contributed by atoms with van der Waals surface area (Å²) < 4.78 is 1.95. The van der Waals surface area contributed by atoms with Gasteiger partial charge in [0.15, 0.2) is 0 Å². The summed E-state index contributed by atoms with van der Waals surface area (Å²) in [4.78, 5) is 15.2. The molecule has 0 radical (unpaired) electrons. The molecule has 1 aliphatic carbocycles. The average molecular weight is 285 g/mol. The maximum absolute atomic E-state index is 11.1. The summed E-state index contributed by atoms with van der Waals surface area (Å²) in [6.45, 7) is 0. The summed E-state index contributed by atoms with van der Waals surface area (Å²) in [5.41, 5.74) is 2.07. The van der Waals surface area contributed by atoms with Gasteiger partial charge in [0.2, 0.25) is 0 Å². The molecule has 2 unspecified atom stereocenters. The number of carbonyl (C=O) groups is 1. The second-order valence-corrected chi connectivity index (χ2v) is 5.56. The third-order valence-electron chi connectivity index (χ3n) is 4.04. The third-order valence-corrected chi connectivity index (χ3v) is 4.04. The van der Waals surface area contributed by atoms with Gasteiger partial charge in [0.1, 0.15) is 0 Å². The van der Waals surface area contributed by atoms with Crippen molar-refractivity contribution in [1.82, 2.24) is 9.55 Å². The monoisotopic (exact) mass is 285 g/mol. The molecule has 2 atom stereocenters. The van der Waals surface area contributed by atoms with E-state index in [1.807, 2.05) is 29.0 Å². The fourth-order valence-corrected chi connectivity index (χ4v) is 2.95. The van der Waals surface area contributed by atoms with Crippen molar-refractivity contribution in [3.05, 3.63) is 43.0 Å². The Kier molecular flexibility index (Phi) is 3.90. The van der Waals surface area contributed by atoms with Gasteiger partial charge >= 0.3 is 5.97 Å². The summed E-state index contributed by atoms with van der Waals surface area (Å²) >= 11 is 0. The normalized spacial score (nSPS) is 21.9. The zero-order chi connectivity index (χ0) is 14.7. The molecule has 0 spiro atoms. The molecule has 0 bridgehead atoms. The fourth-order valence-electron chi connectivity index (χ4n) is 2.95. The number of carboxylic acid groups (broad SMARTS) is 1. The van der Waals surface area contributed by atoms with Crippen LogP contribution in [-0.4, -0.2) is 26.7 Å². The minimum atomic E-state index is -0.673. The Morgan fingerprint density at radius 2 is 2.29 bits per heavy atom. The van der Waals surface area contributed by atoms with Gasteiger partial charge in [-0.15, -0.1) is 0 Å². The molecule has 2 aromatic rings. The van der Waals surface area contributed by atoms with Crippen LogP contribution in [0.25, 0.3) is 5.69 Å². The van der Waals surface area contributed by atoms with E-state index >= 15 is 0 Å². The predicted octanol–water partition coefficient (Wildman–Crippen LogP) is 2.93. The lowest BCUT2D eigenvalue weighted by Gasteiger charge is -2.28. The number of nitrogens with zero attached hydrogens (tertiary/aromatic N) is 2. The van der Waals surface area contributed by atoms with Gasteiger partial charge in [-0.1, -0.05) is 12.5 Å². The first-order valence-electron chi connectivity index (χ1n) is 7.30. The molecule has 5 heteroatoms. The Bertz CT molecular complexity index is 610. The van der Waals surface area contributed by atoms with Crippen LogP contribution in [0.1, 0.15) is 25.7 Å². The molecule has 1 aromatic carbocycles. The van der Waals surface area contributed by atoms with Crippen molar-refractivity contribution in [3.63, 3.8) is 0 Å². The highest BCUT2D eigenvalue weighted by Gasteiger charge is 2.26. The minimum absolute atomic E-state index is 0.215. The Labute approximate surface area is 123 Å². The molecule has 0 aliphatic heterocycles. The highest BCUT2D eigenvalue weighted by atomic mass is 16.4. The highest BCUT2D eigenvalue weighted by Crippen LogP contribution is 2.27. The first-order valence-corrected chi connectivity index (χ1v) is 7.30. The fraction of sp³-hybridized carbons (Fsp3) is 0.375. The second kappa shape index (κ2) is 5.99. The Hall–Kier alpha value is -2.30. The quantitative estimate of drug-likeness (QED) is 0.906. The van der Waals surface area contributed by atoms with Gasteiger partial charge in [-0.3, -0.25) is 4.79 Å². The van der Waals surface area contributed by atoms with Crippen molar-refractivity contribution in [1.29, 1.82) is 0 Å². The summed E-state index contributed by atoms with van der Waals surface area (Å²) in [5.74, 6) is -0.887. The van der Waals surface area contributed by atoms with E-state index in [4.69, 9.17) is 5.11 Å². The molecule has 1 aromatic heterocycles. The largest absolute Gasteiger partial charge is 0.481 e. The van der Waals surface area contributed by atoms with Gasteiger partial charge in [-0.2, -0.15) is 0 Å². The number of aliphatic carboxylic acids is 1. The van der Waals surface area contributed by atoms with Crippen molar-refractivity contribution in [2.24, 2.45) is 5.92 Å². The lowest BCUT2D eigenvalue weighted by atomic mass is 9.85. The van der Waals surface area contributed by atoms with E-state index in [0.29, 0.717) is 6.42 Å². The maximum atomic E-state index is 11.1. The number of nitrogens with one attached hydrogen (secondary N) is 1.